The van der Waals surface area contributed by atoms with Crippen molar-refractivity contribution < 1.29 is 4.74 Å². The second-order valence-electron chi connectivity index (χ2n) is 6.19. The summed E-state index contributed by atoms with van der Waals surface area (Å²) in [5.41, 5.74) is 5.57. The molecule has 1 aromatic rings. The van der Waals surface area contributed by atoms with Crippen molar-refractivity contribution in [1.82, 2.24) is 5.32 Å². The van der Waals surface area contributed by atoms with E-state index in [0.29, 0.717) is 0 Å². The van der Waals surface area contributed by atoms with Crippen molar-refractivity contribution in [3.63, 3.8) is 0 Å². The molecule has 2 heteroatoms. The molecule has 0 aromatic heterocycles. The third-order valence-electron chi connectivity index (χ3n) is 3.87. The van der Waals surface area contributed by atoms with E-state index in [1.54, 1.807) is 0 Å². The Morgan fingerprint density at radius 2 is 1.78 bits per heavy atom. The molecule has 1 saturated heterocycles. The molecule has 2 nitrogen and oxygen atoms in total. The fourth-order valence-corrected chi connectivity index (χ4v) is 2.86. The lowest BCUT2D eigenvalue weighted by atomic mass is 9.95. The molecule has 100 valence electrons. The van der Waals surface area contributed by atoms with E-state index in [0.717, 1.165) is 19.6 Å². The van der Waals surface area contributed by atoms with E-state index in [4.69, 9.17) is 4.74 Å². The summed E-state index contributed by atoms with van der Waals surface area (Å²) in [6, 6.07) is 4.50. The van der Waals surface area contributed by atoms with Crippen molar-refractivity contribution in [1.29, 1.82) is 0 Å². The zero-order valence-electron chi connectivity index (χ0n) is 12.3. The monoisotopic (exact) mass is 247 g/mol. The average molecular weight is 247 g/mol. The summed E-state index contributed by atoms with van der Waals surface area (Å²) in [6.45, 7) is 12.7. The first-order valence-electron chi connectivity index (χ1n) is 6.83. The van der Waals surface area contributed by atoms with Crippen LogP contribution in [-0.4, -0.2) is 18.7 Å². The zero-order valence-corrected chi connectivity index (χ0v) is 12.3. The van der Waals surface area contributed by atoms with Crippen LogP contribution in [0.4, 0.5) is 0 Å². The standard InChI is InChI=1S/C16H25NO/c1-11-8-12(2)15(13(3)9-11)14-10-17-16(4,5)6-7-18-14/h8-9,14,17H,6-7,10H2,1-5H3. The molecule has 1 fully saturated rings. The maximum atomic E-state index is 6.06. The molecule has 1 atom stereocenters. The van der Waals surface area contributed by atoms with Crippen molar-refractivity contribution in [2.45, 2.75) is 52.7 Å². The van der Waals surface area contributed by atoms with Crippen LogP contribution in [-0.2, 0) is 4.74 Å². The van der Waals surface area contributed by atoms with E-state index >= 15 is 0 Å². The molecule has 0 aliphatic carbocycles. The lowest BCUT2D eigenvalue weighted by Crippen LogP contribution is -2.39. The van der Waals surface area contributed by atoms with Gasteiger partial charge in [-0.25, -0.2) is 0 Å². The maximum absolute atomic E-state index is 6.06. The van der Waals surface area contributed by atoms with Crippen LogP contribution in [0.15, 0.2) is 12.1 Å². The fraction of sp³-hybridized carbons (Fsp3) is 0.625. The Bertz CT molecular complexity index is 414. The third kappa shape index (κ3) is 2.93. The second-order valence-corrected chi connectivity index (χ2v) is 6.19. The van der Waals surface area contributed by atoms with Crippen molar-refractivity contribution in [2.24, 2.45) is 0 Å². The van der Waals surface area contributed by atoms with Crippen LogP contribution in [0, 0.1) is 20.8 Å². The first-order valence-corrected chi connectivity index (χ1v) is 6.83. The van der Waals surface area contributed by atoms with Gasteiger partial charge in [0.1, 0.15) is 0 Å². The minimum atomic E-state index is 0.182. The normalized spacial score (nSPS) is 23.7. The quantitative estimate of drug-likeness (QED) is 0.821. The fourth-order valence-electron chi connectivity index (χ4n) is 2.86. The van der Waals surface area contributed by atoms with Crippen LogP contribution in [0.5, 0.6) is 0 Å². The summed E-state index contributed by atoms with van der Waals surface area (Å²) in [7, 11) is 0. The molecule has 2 rings (SSSR count). The molecule has 1 aliphatic rings. The van der Waals surface area contributed by atoms with Gasteiger partial charge in [0.15, 0.2) is 0 Å². The van der Waals surface area contributed by atoms with Crippen LogP contribution in [0.25, 0.3) is 0 Å². The highest BCUT2D eigenvalue weighted by atomic mass is 16.5. The summed E-state index contributed by atoms with van der Waals surface area (Å²) >= 11 is 0. The summed E-state index contributed by atoms with van der Waals surface area (Å²) in [4.78, 5) is 0. The SMILES string of the molecule is Cc1cc(C)c(C2CNC(C)(C)CCO2)c(C)c1. The molecular formula is C16H25NO. The van der Waals surface area contributed by atoms with E-state index in [1.165, 1.54) is 22.3 Å². The topological polar surface area (TPSA) is 21.3 Å². The molecular weight excluding hydrogens is 222 g/mol. The Morgan fingerprint density at radius 3 is 2.39 bits per heavy atom. The molecule has 0 bridgehead atoms. The Kier molecular flexibility index (Phi) is 3.79. The van der Waals surface area contributed by atoms with Crippen LogP contribution >= 0.6 is 0 Å². The van der Waals surface area contributed by atoms with Crippen molar-refractivity contribution in [3.05, 3.63) is 34.4 Å². The summed E-state index contributed by atoms with van der Waals surface area (Å²) in [5, 5.41) is 3.61. The first kappa shape index (κ1) is 13.6. The van der Waals surface area contributed by atoms with Gasteiger partial charge in [-0.05, 0) is 57.7 Å². The van der Waals surface area contributed by atoms with Gasteiger partial charge in [0.25, 0.3) is 0 Å². The molecule has 1 N–H and O–H groups in total. The minimum absolute atomic E-state index is 0.182. The molecule has 1 aliphatic heterocycles. The van der Waals surface area contributed by atoms with Crippen LogP contribution in [0.2, 0.25) is 0 Å². The predicted octanol–water partition coefficient (Wildman–Crippen LogP) is 3.44. The Hall–Kier alpha value is -0.860. The molecule has 1 unspecified atom stereocenters. The highest BCUT2D eigenvalue weighted by Gasteiger charge is 2.26. The largest absolute Gasteiger partial charge is 0.372 e. The van der Waals surface area contributed by atoms with Gasteiger partial charge in [0, 0.05) is 18.7 Å². The van der Waals surface area contributed by atoms with Crippen molar-refractivity contribution in [3.8, 4) is 0 Å². The highest BCUT2D eigenvalue weighted by Crippen LogP contribution is 2.28. The van der Waals surface area contributed by atoms with Crippen LogP contribution in [0.1, 0.15) is 48.6 Å². The summed E-state index contributed by atoms with van der Waals surface area (Å²) < 4.78 is 6.06. The van der Waals surface area contributed by atoms with E-state index in [2.05, 4.69) is 52.1 Å². The maximum Gasteiger partial charge on any atom is 0.0954 e. The number of ether oxygens (including phenoxy) is 1. The molecule has 18 heavy (non-hydrogen) atoms. The molecule has 1 aromatic carbocycles. The van der Waals surface area contributed by atoms with Gasteiger partial charge in [0.2, 0.25) is 0 Å². The number of nitrogens with one attached hydrogen (secondary N) is 1. The van der Waals surface area contributed by atoms with Gasteiger partial charge < -0.3 is 10.1 Å². The van der Waals surface area contributed by atoms with Crippen LogP contribution in [0.3, 0.4) is 0 Å². The zero-order chi connectivity index (χ0) is 13.3. The van der Waals surface area contributed by atoms with Gasteiger partial charge in [-0.15, -0.1) is 0 Å². The average Bonchev–Trinajstić information content (AvgIpc) is 2.39. The Morgan fingerprint density at radius 1 is 1.17 bits per heavy atom. The lowest BCUT2D eigenvalue weighted by molar-refractivity contribution is 0.0648. The smallest absolute Gasteiger partial charge is 0.0954 e. The van der Waals surface area contributed by atoms with E-state index in [9.17, 15) is 0 Å². The number of rotatable bonds is 1. The predicted molar refractivity (Wildman–Crippen MR) is 76.0 cm³/mol. The third-order valence-corrected chi connectivity index (χ3v) is 3.87. The molecule has 1 heterocycles. The van der Waals surface area contributed by atoms with Crippen molar-refractivity contribution >= 4 is 0 Å². The van der Waals surface area contributed by atoms with Gasteiger partial charge in [-0.2, -0.15) is 0 Å². The van der Waals surface area contributed by atoms with E-state index in [-0.39, 0.29) is 11.6 Å². The molecule has 0 amide bonds. The summed E-state index contributed by atoms with van der Waals surface area (Å²) in [6.07, 6.45) is 1.25. The Balaban J connectivity index is 2.27. The number of aryl methyl sites for hydroxylation is 3. The second kappa shape index (κ2) is 5.02. The number of benzene rings is 1. The molecule has 0 spiro atoms. The van der Waals surface area contributed by atoms with Crippen LogP contribution < -0.4 is 5.32 Å². The Labute approximate surface area is 111 Å². The van der Waals surface area contributed by atoms with Gasteiger partial charge in [0.05, 0.1) is 6.10 Å². The van der Waals surface area contributed by atoms with E-state index < -0.39 is 0 Å². The molecule has 0 radical (unpaired) electrons. The van der Waals surface area contributed by atoms with Gasteiger partial charge >= 0.3 is 0 Å². The minimum Gasteiger partial charge on any atom is -0.372 e. The van der Waals surface area contributed by atoms with Gasteiger partial charge in [-0.3, -0.25) is 0 Å². The number of hydrogen-bond acceptors (Lipinski definition) is 2. The lowest BCUT2D eigenvalue weighted by Gasteiger charge is -2.24. The first-order chi connectivity index (χ1) is 8.39. The van der Waals surface area contributed by atoms with E-state index in [1.807, 2.05) is 0 Å². The highest BCUT2D eigenvalue weighted by molar-refractivity contribution is 5.39. The number of hydrogen-bond donors (Lipinski definition) is 1. The van der Waals surface area contributed by atoms with Gasteiger partial charge in [-0.1, -0.05) is 17.7 Å². The summed E-state index contributed by atoms with van der Waals surface area (Å²) in [5.74, 6) is 0. The van der Waals surface area contributed by atoms with Crippen molar-refractivity contribution in [2.75, 3.05) is 13.2 Å². The molecule has 0 saturated carbocycles.